The molecule has 19 heavy (non-hydrogen) atoms. The predicted octanol–water partition coefficient (Wildman–Crippen LogP) is 4.40. The Morgan fingerprint density at radius 1 is 1.00 bits per heavy atom. The van der Waals surface area contributed by atoms with E-state index in [-0.39, 0.29) is 0 Å². The Morgan fingerprint density at radius 3 is 2.53 bits per heavy atom. The highest BCUT2D eigenvalue weighted by Gasteiger charge is 2.34. The molecular formula is C17H34N2. The first kappa shape index (κ1) is 15.3. The Morgan fingerprint density at radius 2 is 1.79 bits per heavy atom. The summed E-state index contributed by atoms with van der Waals surface area (Å²) in [5.41, 5.74) is 3.14. The molecule has 4 unspecified atom stereocenters. The quantitative estimate of drug-likeness (QED) is 0.407. The Hall–Kier alpha value is -0.0800. The van der Waals surface area contributed by atoms with Gasteiger partial charge in [0.2, 0.25) is 0 Å². The van der Waals surface area contributed by atoms with Crippen LogP contribution in [0.3, 0.4) is 0 Å². The van der Waals surface area contributed by atoms with E-state index in [9.17, 15) is 0 Å². The number of hydrogen-bond donors (Lipinski definition) is 2. The summed E-state index contributed by atoms with van der Waals surface area (Å²) in [5, 5.41) is 0. The van der Waals surface area contributed by atoms with Crippen LogP contribution in [0.15, 0.2) is 0 Å². The van der Waals surface area contributed by atoms with Crippen molar-refractivity contribution in [3.63, 3.8) is 0 Å². The number of unbranched alkanes of at least 4 members (excludes halogenated alkanes) is 3. The molecular weight excluding hydrogens is 232 g/mol. The summed E-state index contributed by atoms with van der Waals surface area (Å²) in [6.45, 7) is 2.28. The van der Waals surface area contributed by atoms with Gasteiger partial charge in [0.05, 0.1) is 0 Å². The number of nitrogens with one attached hydrogen (secondary N) is 1. The number of fused-ring (bicyclic) bond motifs is 1. The van der Waals surface area contributed by atoms with Crippen molar-refractivity contribution in [3.8, 4) is 0 Å². The minimum Gasteiger partial charge on any atom is -0.271 e. The lowest BCUT2D eigenvalue weighted by Crippen LogP contribution is -2.44. The van der Waals surface area contributed by atoms with Gasteiger partial charge < -0.3 is 0 Å². The number of rotatable bonds is 7. The molecule has 3 N–H and O–H groups in total. The second-order valence-electron chi connectivity index (χ2n) is 7.00. The minimum absolute atomic E-state index is 0.583. The van der Waals surface area contributed by atoms with Crippen LogP contribution in [0.2, 0.25) is 0 Å². The highest BCUT2D eigenvalue weighted by Crippen LogP contribution is 2.43. The maximum absolute atomic E-state index is 5.84. The first-order valence-electron chi connectivity index (χ1n) is 8.81. The Balaban J connectivity index is 1.75. The average Bonchev–Trinajstić information content (AvgIpc) is 2.47. The summed E-state index contributed by atoms with van der Waals surface area (Å²) < 4.78 is 0. The van der Waals surface area contributed by atoms with Crippen molar-refractivity contribution in [2.45, 2.75) is 90.0 Å². The zero-order valence-electron chi connectivity index (χ0n) is 12.9. The van der Waals surface area contributed by atoms with Crippen LogP contribution in [0.5, 0.6) is 0 Å². The van der Waals surface area contributed by atoms with E-state index in [1.54, 1.807) is 0 Å². The zero-order chi connectivity index (χ0) is 13.5. The SMILES string of the molecule is CCCCCCC(NN)C1CCC2CCCCC2C1. The summed E-state index contributed by atoms with van der Waals surface area (Å²) >= 11 is 0. The molecule has 0 aliphatic heterocycles. The van der Waals surface area contributed by atoms with Crippen LogP contribution in [0, 0.1) is 17.8 Å². The van der Waals surface area contributed by atoms with E-state index in [1.165, 1.54) is 77.0 Å². The lowest BCUT2D eigenvalue weighted by Gasteiger charge is -2.42. The van der Waals surface area contributed by atoms with Gasteiger partial charge in [0.1, 0.15) is 0 Å². The molecule has 2 fully saturated rings. The van der Waals surface area contributed by atoms with E-state index in [0.717, 1.165) is 17.8 Å². The summed E-state index contributed by atoms with van der Waals surface area (Å²) in [4.78, 5) is 0. The van der Waals surface area contributed by atoms with Crippen LogP contribution in [-0.4, -0.2) is 6.04 Å². The van der Waals surface area contributed by atoms with Crippen molar-refractivity contribution in [2.24, 2.45) is 23.6 Å². The van der Waals surface area contributed by atoms with Gasteiger partial charge >= 0.3 is 0 Å². The molecule has 2 aliphatic rings. The highest BCUT2D eigenvalue weighted by molar-refractivity contribution is 4.87. The molecule has 2 nitrogen and oxygen atoms in total. The molecule has 0 heterocycles. The maximum Gasteiger partial charge on any atom is 0.0238 e. The number of nitrogens with two attached hydrogens (primary N) is 1. The smallest absolute Gasteiger partial charge is 0.0238 e. The van der Waals surface area contributed by atoms with E-state index in [1.807, 2.05) is 0 Å². The van der Waals surface area contributed by atoms with Crippen LogP contribution in [-0.2, 0) is 0 Å². The Kier molecular flexibility index (Phi) is 6.66. The predicted molar refractivity (Wildman–Crippen MR) is 82.7 cm³/mol. The molecule has 0 aromatic heterocycles. The normalized spacial score (nSPS) is 32.8. The van der Waals surface area contributed by atoms with Crippen LogP contribution < -0.4 is 11.3 Å². The summed E-state index contributed by atoms with van der Waals surface area (Å²) in [6, 6.07) is 0.583. The fraction of sp³-hybridized carbons (Fsp3) is 1.00. The summed E-state index contributed by atoms with van der Waals surface area (Å²) in [7, 11) is 0. The first-order chi connectivity index (χ1) is 9.35. The molecule has 0 amide bonds. The molecule has 4 atom stereocenters. The molecule has 0 spiro atoms. The van der Waals surface area contributed by atoms with Crippen molar-refractivity contribution < 1.29 is 0 Å². The number of hydrazine groups is 1. The monoisotopic (exact) mass is 266 g/mol. The van der Waals surface area contributed by atoms with E-state index < -0.39 is 0 Å². The fourth-order valence-corrected chi connectivity index (χ4v) is 4.52. The lowest BCUT2D eigenvalue weighted by molar-refractivity contribution is 0.106. The third-order valence-electron chi connectivity index (χ3n) is 5.73. The molecule has 2 heteroatoms. The molecule has 112 valence electrons. The second kappa shape index (κ2) is 8.26. The van der Waals surface area contributed by atoms with E-state index >= 15 is 0 Å². The average molecular weight is 266 g/mol. The van der Waals surface area contributed by atoms with E-state index in [0.29, 0.717) is 6.04 Å². The van der Waals surface area contributed by atoms with Crippen molar-refractivity contribution in [1.82, 2.24) is 5.43 Å². The van der Waals surface area contributed by atoms with Gasteiger partial charge in [-0.05, 0) is 43.4 Å². The summed E-state index contributed by atoms with van der Waals surface area (Å²) in [6.07, 6.45) is 17.1. The maximum atomic E-state index is 5.84. The van der Waals surface area contributed by atoms with Gasteiger partial charge in [0.15, 0.2) is 0 Å². The van der Waals surface area contributed by atoms with Gasteiger partial charge in [0, 0.05) is 6.04 Å². The van der Waals surface area contributed by atoms with Crippen LogP contribution in [0.1, 0.15) is 84.0 Å². The Labute approximate surface area is 119 Å². The molecule has 0 aromatic carbocycles. The number of hydrogen-bond acceptors (Lipinski definition) is 2. The Bertz CT molecular complexity index is 241. The lowest BCUT2D eigenvalue weighted by atomic mass is 9.66. The van der Waals surface area contributed by atoms with Crippen molar-refractivity contribution >= 4 is 0 Å². The van der Waals surface area contributed by atoms with Crippen molar-refractivity contribution in [3.05, 3.63) is 0 Å². The second-order valence-corrected chi connectivity index (χ2v) is 7.00. The van der Waals surface area contributed by atoms with Crippen LogP contribution in [0.4, 0.5) is 0 Å². The zero-order valence-corrected chi connectivity index (χ0v) is 12.9. The van der Waals surface area contributed by atoms with Crippen molar-refractivity contribution in [1.29, 1.82) is 0 Å². The molecule has 2 rings (SSSR count). The molecule has 0 aromatic rings. The van der Waals surface area contributed by atoms with Crippen LogP contribution in [0.25, 0.3) is 0 Å². The largest absolute Gasteiger partial charge is 0.271 e. The molecule has 0 radical (unpaired) electrons. The van der Waals surface area contributed by atoms with Gasteiger partial charge in [-0.2, -0.15) is 0 Å². The molecule has 2 aliphatic carbocycles. The van der Waals surface area contributed by atoms with Gasteiger partial charge in [-0.25, -0.2) is 0 Å². The van der Waals surface area contributed by atoms with Crippen LogP contribution >= 0.6 is 0 Å². The topological polar surface area (TPSA) is 38.0 Å². The molecule has 0 saturated heterocycles. The fourth-order valence-electron chi connectivity index (χ4n) is 4.52. The molecule has 2 saturated carbocycles. The van der Waals surface area contributed by atoms with Gasteiger partial charge in [-0.15, -0.1) is 0 Å². The third kappa shape index (κ3) is 4.46. The van der Waals surface area contributed by atoms with Gasteiger partial charge in [-0.1, -0.05) is 58.3 Å². The molecule has 0 bridgehead atoms. The van der Waals surface area contributed by atoms with E-state index in [2.05, 4.69) is 12.3 Å². The van der Waals surface area contributed by atoms with E-state index in [4.69, 9.17) is 5.84 Å². The van der Waals surface area contributed by atoms with Gasteiger partial charge in [-0.3, -0.25) is 11.3 Å². The highest BCUT2D eigenvalue weighted by atomic mass is 15.2. The first-order valence-corrected chi connectivity index (χ1v) is 8.81. The third-order valence-corrected chi connectivity index (χ3v) is 5.73. The minimum atomic E-state index is 0.583. The van der Waals surface area contributed by atoms with Gasteiger partial charge in [0.25, 0.3) is 0 Å². The van der Waals surface area contributed by atoms with Crippen molar-refractivity contribution in [2.75, 3.05) is 0 Å². The summed E-state index contributed by atoms with van der Waals surface area (Å²) in [5.74, 6) is 8.77. The standard InChI is InChI=1S/C17H34N2/c1-2-3-4-5-10-17(19-18)16-12-11-14-8-6-7-9-15(14)13-16/h14-17,19H,2-13,18H2,1H3.